The number of rotatable bonds is 5. The molecule has 0 saturated heterocycles. The molecule has 0 N–H and O–H groups in total. The molecule has 0 bridgehead atoms. The summed E-state index contributed by atoms with van der Waals surface area (Å²) in [5.41, 5.74) is 15.6. The third-order valence-corrected chi connectivity index (χ3v) is 10.6. The first kappa shape index (κ1) is 31.0. The number of hydrogen-bond acceptors (Lipinski definition) is 2. The first-order valence-corrected chi connectivity index (χ1v) is 18.2. The average molecular weight is 681 g/mol. The van der Waals surface area contributed by atoms with Crippen LogP contribution in [-0.4, -0.2) is 19.1 Å². The van der Waals surface area contributed by atoms with Crippen molar-refractivity contribution in [3.05, 3.63) is 180 Å². The predicted molar refractivity (Wildman–Crippen MR) is 221 cm³/mol. The molecule has 7 aromatic carbocycles. The summed E-state index contributed by atoms with van der Waals surface area (Å²) in [4.78, 5) is 10.2. The Kier molecular flexibility index (Phi) is 7.12. The molecule has 3 heterocycles. The summed E-state index contributed by atoms with van der Waals surface area (Å²) in [6, 6.07) is 58.9. The second kappa shape index (κ2) is 12.2. The second-order valence-electron chi connectivity index (χ2n) is 14.1. The zero-order chi connectivity index (χ0) is 35.6. The van der Waals surface area contributed by atoms with Crippen LogP contribution in [0.25, 0.3) is 88.9 Å². The van der Waals surface area contributed by atoms with Crippen molar-refractivity contribution in [2.45, 2.75) is 20.8 Å². The van der Waals surface area contributed by atoms with E-state index in [1.54, 1.807) is 0 Å². The number of aryl methyl sites for hydroxylation is 3. The lowest BCUT2D eigenvalue weighted by Gasteiger charge is -2.14. The molecular formula is C49H36N4. The Labute approximate surface area is 308 Å². The molecule has 0 spiro atoms. The number of aromatic nitrogens is 4. The minimum absolute atomic E-state index is 0.725. The molecule has 53 heavy (non-hydrogen) atoms. The molecular weight excluding hydrogens is 645 g/mol. The van der Waals surface area contributed by atoms with Gasteiger partial charge in [-0.3, -0.25) is 0 Å². The fourth-order valence-corrected chi connectivity index (χ4v) is 7.94. The van der Waals surface area contributed by atoms with E-state index in [1.165, 1.54) is 54.7 Å². The lowest BCUT2D eigenvalue weighted by atomic mass is 10.0. The number of para-hydroxylation sites is 3. The highest BCUT2D eigenvalue weighted by molar-refractivity contribution is 6.12. The van der Waals surface area contributed by atoms with Gasteiger partial charge in [-0.2, -0.15) is 0 Å². The Balaban J connectivity index is 1.12. The minimum atomic E-state index is 0.725. The molecule has 0 atom stereocenters. The van der Waals surface area contributed by atoms with E-state index in [-0.39, 0.29) is 0 Å². The molecule has 0 aliphatic carbocycles. The van der Waals surface area contributed by atoms with E-state index in [1.807, 2.05) is 0 Å². The van der Waals surface area contributed by atoms with Gasteiger partial charge >= 0.3 is 0 Å². The normalized spacial score (nSPS) is 11.7. The molecule has 0 radical (unpaired) electrons. The van der Waals surface area contributed by atoms with Crippen LogP contribution in [0, 0.1) is 20.8 Å². The van der Waals surface area contributed by atoms with Crippen LogP contribution < -0.4 is 0 Å². The van der Waals surface area contributed by atoms with Gasteiger partial charge in [-0.15, -0.1) is 0 Å². The molecule has 252 valence electrons. The van der Waals surface area contributed by atoms with Crippen LogP contribution in [0.4, 0.5) is 0 Å². The van der Waals surface area contributed by atoms with Crippen molar-refractivity contribution < 1.29 is 0 Å². The fourth-order valence-electron chi connectivity index (χ4n) is 7.94. The van der Waals surface area contributed by atoms with E-state index < -0.39 is 0 Å². The van der Waals surface area contributed by atoms with E-state index in [0.29, 0.717) is 0 Å². The van der Waals surface area contributed by atoms with Gasteiger partial charge in [0.05, 0.1) is 33.5 Å². The topological polar surface area (TPSA) is 35.6 Å². The molecule has 0 unspecified atom stereocenters. The smallest absolute Gasteiger partial charge is 0.160 e. The van der Waals surface area contributed by atoms with Crippen LogP contribution in [0.1, 0.15) is 16.7 Å². The highest BCUT2D eigenvalue weighted by atomic mass is 15.0. The second-order valence-corrected chi connectivity index (χ2v) is 14.1. The Morgan fingerprint density at radius 3 is 1.43 bits per heavy atom. The molecule has 3 aromatic heterocycles. The highest BCUT2D eigenvalue weighted by Crippen LogP contribution is 2.38. The molecule has 10 aromatic rings. The molecule has 4 nitrogen and oxygen atoms in total. The molecule has 4 heteroatoms. The SMILES string of the molecule is Cc1ccc(-c2cc(-c3ccc(-n4c5ccccc5c5cc(-n6c7ccccc7c7ccccc76)ccc54)cc3C)nc(-c3ccc(C)cc3)n2)cc1. The average Bonchev–Trinajstić information content (AvgIpc) is 3.71. The van der Waals surface area contributed by atoms with Gasteiger partial charge in [-0.1, -0.05) is 120 Å². The molecule has 0 aliphatic rings. The van der Waals surface area contributed by atoms with Crippen molar-refractivity contribution in [3.8, 4) is 45.3 Å². The minimum Gasteiger partial charge on any atom is -0.309 e. The number of fused-ring (bicyclic) bond motifs is 6. The van der Waals surface area contributed by atoms with Crippen molar-refractivity contribution in [2.75, 3.05) is 0 Å². The van der Waals surface area contributed by atoms with Crippen LogP contribution in [-0.2, 0) is 0 Å². The van der Waals surface area contributed by atoms with Gasteiger partial charge in [-0.25, -0.2) is 9.97 Å². The van der Waals surface area contributed by atoms with E-state index in [2.05, 4.69) is 194 Å². The standard InChI is InChI=1S/C49H36N4/c1-31-16-20-34(21-17-31)43-30-44(51-49(50-43)35-22-18-32(2)19-23-35)38-26-24-36(28-33(38)3)52-47-15-9-6-12-41(47)42-29-37(25-27-48(42)52)53-45-13-7-4-10-39(45)40-11-5-8-14-46(40)53/h4-30H,1-3H3. The number of hydrogen-bond donors (Lipinski definition) is 0. The van der Waals surface area contributed by atoms with Crippen LogP contribution in [0.3, 0.4) is 0 Å². The third-order valence-electron chi connectivity index (χ3n) is 10.6. The van der Waals surface area contributed by atoms with Gasteiger partial charge in [-0.05, 0) is 80.9 Å². The summed E-state index contributed by atoms with van der Waals surface area (Å²) in [5.74, 6) is 0.725. The third kappa shape index (κ3) is 5.14. The number of benzene rings is 7. The van der Waals surface area contributed by atoms with Crippen LogP contribution in [0.5, 0.6) is 0 Å². The number of nitrogens with zero attached hydrogens (tertiary/aromatic N) is 4. The van der Waals surface area contributed by atoms with Crippen molar-refractivity contribution in [1.29, 1.82) is 0 Å². The lowest BCUT2D eigenvalue weighted by Crippen LogP contribution is -1.99. The zero-order valence-electron chi connectivity index (χ0n) is 29.9. The monoisotopic (exact) mass is 680 g/mol. The van der Waals surface area contributed by atoms with Gasteiger partial charge in [0.25, 0.3) is 0 Å². The van der Waals surface area contributed by atoms with E-state index in [4.69, 9.17) is 9.97 Å². The quantitative estimate of drug-likeness (QED) is 0.181. The zero-order valence-corrected chi connectivity index (χ0v) is 29.9. The summed E-state index contributed by atoms with van der Waals surface area (Å²) in [5, 5.41) is 4.99. The summed E-state index contributed by atoms with van der Waals surface area (Å²) in [6.45, 7) is 6.40. The largest absolute Gasteiger partial charge is 0.309 e. The first-order chi connectivity index (χ1) is 26.0. The van der Waals surface area contributed by atoms with Crippen LogP contribution >= 0.6 is 0 Å². The van der Waals surface area contributed by atoms with E-state index in [9.17, 15) is 0 Å². The molecule has 10 rings (SSSR count). The van der Waals surface area contributed by atoms with Crippen LogP contribution in [0.2, 0.25) is 0 Å². The summed E-state index contributed by atoms with van der Waals surface area (Å²) in [7, 11) is 0. The van der Waals surface area contributed by atoms with Crippen molar-refractivity contribution in [3.63, 3.8) is 0 Å². The maximum atomic E-state index is 5.16. The Morgan fingerprint density at radius 2 is 0.849 bits per heavy atom. The van der Waals surface area contributed by atoms with Crippen LogP contribution in [0.15, 0.2) is 164 Å². The molecule has 0 aliphatic heterocycles. The highest BCUT2D eigenvalue weighted by Gasteiger charge is 2.18. The summed E-state index contributed by atoms with van der Waals surface area (Å²) >= 11 is 0. The van der Waals surface area contributed by atoms with Crippen molar-refractivity contribution >= 4 is 43.6 Å². The molecule has 0 fully saturated rings. The fraction of sp³-hybridized carbons (Fsp3) is 0.0612. The maximum absolute atomic E-state index is 5.16. The maximum Gasteiger partial charge on any atom is 0.160 e. The predicted octanol–water partition coefficient (Wildman–Crippen LogP) is 12.6. The summed E-state index contributed by atoms with van der Waals surface area (Å²) < 4.78 is 4.79. The van der Waals surface area contributed by atoms with E-state index in [0.717, 1.165) is 50.8 Å². The Morgan fingerprint density at radius 1 is 0.377 bits per heavy atom. The van der Waals surface area contributed by atoms with E-state index >= 15 is 0 Å². The van der Waals surface area contributed by atoms with Crippen molar-refractivity contribution in [1.82, 2.24) is 19.1 Å². The van der Waals surface area contributed by atoms with Gasteiger partial charge in [0.1, 0.15) is 0 Å². The lowest BCUT2D eigenvalue weighted by molar-refractivity contribution is 1.15. The summed E-state index contributed by atoms with van der Waals surface area (Å²) in [6.07, 6.45) is 0. The first-order valence-electron chi connectivity index (χ1n) is 18.2. The van der Waals surface area contributed by atoms with Gasteiger partial charge in [0, 0.05) is 49.6 Å². The Hall–Kier alpha value is -6.78. The molecule has 0 amide bonds. The van der Waals surface area contributed by atoms with Gasteiger partial charge < -0.3 is 9.13 Å². The van der Waals surface area contributed by atoms with Crippen molar-refractivity contribution in [2.24, 2.45) is 0 Å². The molecule has 0 saturated carbocycles. The Bertz CT molecular complexity index is 2900. The van der Waals surface area contributed by atoms with Gasteiger partial charge in [0.2, 0.25) is 0 Å². The van der Waals surface area contributed by atoms with Gasteiger partial charge in [0.15, 0.2) is 5.82 Å².